The Hall–Kier alpha value is -3.03. The van der Waals surface area contributed by atoms with Gasteiger partial charge in [0.1, 0.15) is 22.7 Å². The summed E-state index contributed by atoms with van der Waals surface area (Å²) in [7, 11) is 1.19. The first-order chi connectivity index (χ1) is 17.4. The number of pyridine rings is 1. The molecule has 37 heavy (non-hydrogen) atoms. The third kappa shape index (κ3) is 5.48. The van der Waals surface area contributed by atoms with E-state index in [1.54, 1.807) is 0 Å². The van der Waals surface area contributed by atoms with Gasteiger partial charge in [-0.05, 0) is 31.2 Å². The second-order valence-electron chi connectivity index (χ2n) is 8.72. The number of benzene rings is 1. The summed E-state index contributed by atoms with van der Waals surface area (Å²) in [5.74, 6) is -3.44. The number of ether oxygens (including phenoxy) is 1. The van der Waals surface area contributed by atoms with Crippen LogP contribution in [0.3, 0.4) is 0 Å². The summed E-state index contributed by atoms with van der Waals surface area (Å²) in [5, 5.41) is 2.29. The van der Waals surface area contributed by atoms with Crippen molar-refractivity contribution in [1.29, 1.82) is 0 Å². The van der Waals surface area contributed by atoms with Gasteiger partial charge < -0.3 is 19.9 Å². The smallest absolute Gasteiger partial charge is 0.374 e. The molecule has 1 aromatic carbocycles. The molecule has 4 rings (SSSR count). The van der Waals surface area contributed by atoms with Crippen molar-refractivity contribution in [2.24, 2.45) is 0 Å². The largest absolute Gasteiger partial charge is 0.416 e. The molecule has 2 aliphatic rings. The van der Waals surface area contributed by atoms with Crippen LogP contribution in [0.25, 0.3) is 0 Å². The van der Waals surface area contributed by atoms with E-state index in [4.69, 9.17) is 16.3 Å². The monoisotopic (exact) mass is 547 g/mol. The van der Waals surface area contributed by atoms with Crippen molar-refractivity contribution in [3.05, 3.63) is 52.2 Å². The number of carbonyl (C=O) groups is 2. The summed E-state index contributed by atoms with van der Waals surface area (Å²) >= 11 is 5.65. The van der Waals surface area contributed by atoms with Crippen molar-refractivity contribution in [3.8, 4) is 0 Å². The molecule has 2 fully saturated rings. The van der Waals surface area contributed by atoms with Crippen LogP contribution in [0.15, 0.2) is 24.3 Å². The predicted molar refractivity (Wildman–Crippen MR) is 125 cm³/mol. The number of carbonyl (C=O) groups excluding carboxylic acids is 2. The molecule has 2 saturated heterocycles. The third-order valence-corrected chi connectivity index (χ3v) is 6.46. The number of morpholine rings is 1. The molecule has 0 radical (unpaired) electrons. The minimum atomic E-state index is -4.73. The van der Waals surface area contributed by atoms with Crippen molar-refractivity contribution in [1.82, 2.24) is 15.2 Å². The van der Waals surface area contributed by atoms with Crippen LogP contribution < -0.4 is 15.1 Å². The van der Waals surface area contributed by atoms with Crippen molar-refractivity contribution >= 4 is 35.0 Å². The number of likely N-dealkylation sites (N-methyl/N-ethyl adjacent to an activating group) is 1. The molecule has 0 spiro atoms. The lowest BCUT2D eigenvalue weighted by Gasteiger charge is -2.27. The van der Waals surface area contributed by atoms with Crippen LogP contribution in [0.1, 0.15) is 11.3 Å². The Morgan fingerprint density at radius 2 is 2.03 bits per heavy atom. The minimum absolute atomic E-state index is 0.0215. The number of nitrogens with zero attached hydrogens (tertiary/aromatic N) is 4. The Kier molecular flexibility index (Phi) is 7.58. The Morgan fingerprint density at radius 3 is 2.68 bits per heavy atom. The average molecular weight is 548 g/mol. The SMILES string of the molecule is Cc1cc(C(F)(F)F)cc(N2C(=O)N(CC3CNCCO3)C[C@H]2C(=O)N(C)c2ccc(F)c(Cl)c2F)n1. The Bertz CT molecular complexity index is 1210. The van der Waals surface area contributed by atoms with Crippen LogP contribution in [0.5, 0.6) is 0 Å². The molecule has 2 atom stereocenters. The maximum Gasteiger partial charge on any atom is 0.416 e. The second kappa shape index (κ2) is 10.4. The van der Waals surface area contributed by atoms with Crippen LogP contribution in [0.4, 0.5) is 38.3 Å². The topological polar surface area (TPSA) is 78.0 Å². The van der Waals surface area contributed by atoms with Crippen LogP contribution in [0.2, 0.25) is 5.02 Å². The zero-order valence-electron chi connectivity index (χ0n) is 19.8. The first kappa shape index (κ1) is 27.0. The van der Waals surface area contributed by atoms with Crippen LogP contribution in [0, 0.1) is 18.6 Å². The van der Waals surface area contributed by atoms with Gasteiger partial charge in [-0.3, -0.25) is 9.69 Å². The molecule has 1 unspecified atom stereocenters. The van der Waals surface area contributed by atoms with Gasteiger partial charge in [0.2, 0.25) is 0 Å². The summed E-state index contributed by atoms with van der Waals surface area (Å²) in [6.45, 7) is 2.63. The van der Waals surface area contributed by atoms with E-state index >= 15 is 0 Å². The number of hydrogen-bond acceptors (Lipinski definition) is 5. The van der Waals surface area contributed by atoms with E-state index in [-0.39, 0.29) is 30.3 Å². The molecular formula is C23H23ClF5N5O3. The predicted octanol–water partition coefficient (Wildman–Crippen LogP) is 3.60. The molecule has 0 bridgehead atoms. The number of anilines is 2. The van der Waals surface area contributed by atoms with Gasteiger partial charge in [0.25, 0.3) is 5.91 Å². The number of amides is 3. The normalized spacial score (nSPS) is 20.5. The molecule has 1 N–H and O–H groups in total. The van der Waals surface area contributed by atoms with Crippen molar-refractivity contribution < 1.29 is 36.3 Å². The third-order valence-electron chi connectivity index (χ3n) is 6.12. The lowest BCUT2D eigenvalue weighted by molar-refractivity contribution is -0.137. The Morgan fingerprint density at radius 1 is 1.30 bits per heavy atom. The zero-order valence-corrected chi connectivity index (χ0v) is 20.5. The highest BCUT2D eigenvalue weighted by molar-refractivity contribution is 6.31. The van der Waals surface area contributed by atoms with Gasteiger partial charge in [0.15, 0.2) is 5.82 Å². The standard InChI is InChI=1S/C23H23ClF5N5O3/c1-12-7-13(23(27,28)29)8-18(31-12)34-17(11-33(22(34)36)10-14-9-30-5-6-37-14)21(35)32(2)16-4-3-15(25)19(24)20(16)26/h3-4,7-8,14,17,30H,5-6,9-11H2,1-2H3/t14?,17-/m0/s1. The number of rotatable bonds is 5. The van der Waals surface area contributed by atoms with E-state index in [9.17, 15) is 31.5 Å². The van der Waals surface area contributed by atoms with Gasteiger partial charge in [-0.15, -0.1) is 0 Å². The van der Waals surface area contributed by atoms with Gasteiger partial charge in [-0.25, -0.2) is 18.6 Å². The van der Waals surface area contributed by atoms with E-state index in [1.165, 1.54) is 18.9 Å². The quantitative estimate of drug-likeness (QED) is 0.457. The number of urea groups is 1. The fraction of sp³-hybridized carbons (Fsp3) is 0.435. The molecule has 1 aromatic heterocycles. The zero-order chi connectivity index (χ0) is 27.1. The first-order valence-corrected chi connectivity index (χ1v) is 11.6. The number of hydrogen-bond donors (Lipinski definition) is 1. The van der Waals surface area contributed by atoms with Crippen LogP contribution in [-0.2, 0) is 15.7 Å². The highest BCUT2D eigenvalue weighted by Gasteiger charge is 2.46. The van der Waals surface area contributed by atoms with Crippen LogP contribution in [-0.4, -0.2) is 73.8 Å². The summed E-state index contributed by atoms with van der Waals surface area (Å²) < 4.78 is 74.5. The summed E-state index contributed by atoms with van der Waals surface area (Å²) in [4.78, 5) is 34.0. The molecule has 2 aromatic rings. The molecule has 2 aliphatic heterocycles. The minimum Gasteiger partial charge on any atom is -0.374 e. The summed E-state index contributed by atoms with van der Waals surface area (Å²) in [6, 6.07) is 1.25. The fourth-order valence-electron chi connectivity index (χ4n) is 4.29. The summed E-state index contributed by atoms with van der Waals surface area (Å²) in [5.41, 5.74) is -1.43. The number of aromatic nitrogens is 1. The fourth-order valence-corrected chi connectivity index (χ4v) is 4.45. The maximum atomic E-state index is 14.7. The number of aryl methyl sites for hydroxylation is 1. The number of alkyl halides is 3. The molecule has 8 nitrogen and oxygen atoms in total. The highest BCUT2D eigenvalue weighted by atomic mass is 35.5. The van der Waals surface area contributed by atoms with E-state index in [0.717, 1.165) is 28.0 Å². The molecular weight excluding hydrogens is 525 g/mol. The lowest BCUT2D eigenvalue weighted by Crippen LogP contribution is -2.47. The van der Waals surface area contributed by atoms with E-state index in [0.29, 0.717) is 25.8 Å². The summed E-state index contributed by atoms with van der Waals surface area (Å²) in [6.07, 6.45) is -5.13. The van der Waals surface area contributed by atoms with E-state index < -0.39 is 52.5 Å². The number of nitrogens with one attached hydrogen (secondary N) is 1. The van der Waals surface area contributed by atoms with Gasteiger partial charge >= 0.3 is 12.2 Å². The van der Waals surface area contributed by atoms with Gasteiger partial charge in [-0.2, -0.15) is 13.2 Å². The Balaban J connectivity index is 1.72. The number of halogens is 6. The molecule has 3 amide bonds. The van der Waals surface area contributed by atoms with E-state index in [2.05, 4.69) is 10.3 Å². The highest BCUT2D eigenvalue weighted by Crippen LogP contribution is 2.35. The maximum absolute atomic E-state index is 14.7. The van der Waals surface area contributed by atoms with Crippen LogP contribution >= 0.6 is 11.6 Å². The average Bonchev–Trinajstić information content (AvgIpc) is 3.17. The molecule has 0 saturated carbocycles. The van der Waals surface area contributed by atoms with Crippen molar-refractivity contribution in [3.63, 3.8) is 0 Å². The van der Waals surface area contributed by atoms with Crippen molar-refractivity contribution in [2.75, 3.05) is 49.6 Å². The first-order valence-electron chi connectivity index (χ1n) is 11.3. The van der Waals surface area contributed by atoms with E-state index in [1.807, 2.05) is 0 Å². The Labute approximate surface area is 213 Å². The molecule has 200 valence electrons. The van der Waals surface area contributed by atoms with Crippen molar-refractivity contribution in [2.45, 2.75) is 25.2 Å². The molecule has 3 heterocycles. The lowest BCUT2D eigenvalue weighted by atomic mass is 10.1. The molecule has 14 heteroatoms. The molecule has 0 aliphatic carbocycles. The van der Waals surface area contributed by atoms with Gasteiger partial charge in [0, 0.05) is 32.4 Å². The van der Waals surface area contributed by atoms with Gasteiger partial charge in [0.05, 0.1) is 30.5 Å². The second-order valence-corrected chi connectivity index (χ2v) is 9.09. The van der Waals surface area contributed by atoms with Gasteiger partial charge in [-0.1, -0.05) is 11.6 Å².